The summed E-state index contributed by atoms with van der Waals surface area (Å²) in [5.74, 6) is -0.228. The molecule has 2 rings (SSSR count). The first-order chi connectivity index (χ1) is 8.01. The molecule has 1 aromatic rings. The Morgan fingerprint density at radius 1 is 1.28 bits per heavy atom. The molecule has 1 N–H and O–H groups in total. The van der Waals surface area contributed by atoms with Gasteiger partial charge < -0.3 is 5.32 Å². The number of nitrogens with one attached hydrogen (secondary N) is 1. The lowest BCUT2D eigenvalue weighted by Crippen LogP contribution is -2.42. The van der Waals surface area contributed by atoms with Gasteiger partial charge in [0.25, 0.3) is 0 Å². The number of alkyl halides is 3. The molecule has 1 aliphatic rings. The van der Waals surface area contributed by atoms with E-state index < -0.39 is 27.1 Å². The van der Waals surface area contributed by atoms with Crippen molar-refractivity contribution in [2.75, 3.05) is 11.1 Å². The van der Waals surface area contributed by atoms with Crippen molar-refractivity contribution in [2.45, 2.75) is 30.5 Å². The maximum atomic E-state index is 12.5. The summed E-state index contributed by atoms with van der Waals surface area (Å²) in [6.45, 7) is 3.37. The first-order valence-electron chi connectivity index (χ1n) is 5.23. The number of benzene rings is 1. The average Bonchev–Trinajstić information content (AvgIpc) is 2.12. The molecule has 3 nitrogen and oxygen atoms in total. The Morgan fingerprint density at radius 2 is 1.89 bits per heavy atom. The van der Waals surface area contributed by atoms with Crippen LogP contribution in [0.5, 0.6) is 0 Å². The minimum Gasteiger partial charge on any atom is -0.378 e. The molecule has 0 unspecified atom stereocenters. The largest absolute Gasteiger partial charge is 0.416 e. The van der Waals surface area contributed by atoms with Crippen molar-refractivity contribution < 1.29 is 21.6 Å². The molecule has 7 heteroatoms. The highest BCUT2D eigenvalue weighted by Gasteiger charge is 2.38. The lowest BCUT2D eigenvalue weighted by Gasteiger charge is -2.33. The Kier molecular flexibility index (Phi) is 2.66. The van der Waals surface area contributed by atoms with Crippen LogP contribution in [-0.2, 0) is 16.0 Å². The molecule has 0 saturated heterocycles. The Balaban J connectivity index is 2.62. The molecule has 0 radical (unpaired) electrons. The zero-order valence-electron chi connectivity index (χ0n) is 9.80. The third-order valence-corrected chi connectivity index (χ3v) is 4.78. The quantitative estimate of drug-likeness (QED) is 0.794. The molecule has 0 amide bonds. The summed E-state index contributed by atoms with van der Waals surface area (Å²) in [6.07, 6.45) is -4.54. The molecular formula is C11H12F3NO2S. The number of hydrogen-bond acceptors (Lipinski definition) is 3. The van der Waals surface area contributed by atoms with Crippen LogP contribution in [0.25, 0.3) is 0 Å². The molecule has 0 aliphatic carbocycles. The van der Waals surface area contributed by atoms with Gasteiger partial charge in [0.15, 0.2) is 9.84 Å². The third-order valence-electron chi connectivity index (χ3n) is 2.67. The predicted molar refractivity (Wildman–Crippen MR) is 61.2 cm³/mol. The fourth-order valence-electron chi connectivity index (χ4n) is 2.01. The summed E-state index contributed by atoms with van der Waals surface area (Å²) < 4.78 is 61.6. The number of halogens is 3. The van der Waals surface area contributed by atoms with Gasteiger partial charge in [-0.05, 0) is 32.0 Å². The van der Waals surface area contributed by atoms with E-state index in [4.69, 9.17) is 0 Å². The predicted octanol–water partition coefficient (Wildman–Crippen LogP) is 2.68. The van der Waals surface area contributed by atoms with Crippen molar-refractivity contribution in [2.24, 2.45) is 0 Å². The molecule has 0 aromatic heterocycles. The first kappa shape index (κ1) is 13.2. The highest BCUT2D eigenvalue weighted by atomic mass is 32.2. The van der Waals surface area contributed by atoms with Gasteiger partial charge in [0.1, 0.15) is 0 Å². The van der Waals surface area contributed by atoms with Crippen molar-refractivity contribution in [3.8, 4) is 0 Å². The number of sulfone groups is 1. The van der Waals surface area contributed by atoms with E-state index in [2.05, 4.69) is 5.32 Å². The van der Waals surface area contributed by atoms with Crippen LogP contribution in [0.2, 0.25) is 0 Å². The summed E-state index contributed by atoms with van der Waals surface area (Å²) >= 11 is 0. The number of anilines is 1. The summed E-state index contributed by atoms with van der Waals surface area (Å²) in [5, 5.41) is 2.92. The standard InChI is InChI=1S/C11H12F3NO2S/c1-10(2)6-18(16,17)9-5-7(11(12,13)14)3-4-8(9)15-10/h3-5,15H,6H2,1-2H3. The minimum absolute atomic E-state index is 0.222. The van der Waals surface area contributed by atoms with Crippen molar-refractivity contribution in [1.82, 2.24) is 0 Å². The van der Waals surface area contributed by atoms with Gasteiger partial charge in [-0.1, -0.05) is 0 Å². The van der Waals surface area contributed by atoms with Crippen LogP contribution < -0.4 is 5.32 Å². The van der Waals surface area contributed by atoms with E-state index in [9.17, 15) is 21.6 Å². The van der Waals surface area contributed by atoms with E-state index in [-0.39, 0.29) is 16.3 Å². The highest BCUT2D eigenvalue weighted by molar-refractivity contribution is 7.91. The molecule has 100 valence electrons. The van der Waals surface area contributed by atoms with Gasteiger partial charge in [-0.25, -0.2) is 8.42 Å². The number of fused-ring (bicyclic) bond motifs is 1. The van der Waals surface area contributed by atoms with Crippen LogP contribution in [-0.4, -0.2) is 19.7 Å². The van der Waals surface area contributed by atoms with Gasteiger partial charge in [-0.15, -0.1) is 0 Å². The molecule has 0 atom stereocenters. The summed E-state index contributed by atoms with van der Waals surface area (Å²) in [5.41, 5.74) is -1.42. The molecular weight excluding hydrogens is 267 g/mol. The van der Waals surface area contributed by atoms with Crippen molar-refractivity contribution in [3.05, 3.63) is 23.8 Å². The fourth-order valence-corrected chi connectivity index (χ4v) is 3.95. The van der Waals surface area contributed by atoms with E-state index in [1.807, 2.05) is 0 Å². The van der Waals surface area contributed by atoms with E-state index in [0.717, 1.165) is 12.1 Å². The van der Waals surface area contributed by atoms with E-state index in [1.54, 1.807) is 13.8 Å². The second-order valence-electron chi connectivity index (χ2n) is 4.98. The van der Waals surface area contributed by atoms with Crippen LogP contribution in [0.15, 0.2) is 23.1 Å². The van der Waals surface area contributed by atoms with Gasteiger partial charge in [-0.3, -0.25) is 0 Å². The highest BCUT2D eigenvalue weighted by Crippen LogP contribution is 2.37. The van der Waals surface area contributed by atoms with Crippen LogP contribution in [0.1, 0.15) is 19.4 Å². The Hall–Kier alpha value is -1.24. The Labute approximate surface area is 103 Å². The van der Waals surface area contributed by atoms with E-state index in [1.165, 1.54) is 0 Å². The zero-order chi connectivity index (χ0) is 13.8. The average molecular weight is 279 g/mol. The molecule has 0 spiro atoms. The zero-order valence-corrected chi connectivity index (χ0v) is 10.6. The molecule has 0 bridgehead atoms. The van der Waals surface area contributed by atoms with Crippen LogP contribution in [0, 0.1) is 0 Å². The summed E-state index contributed by atoms with van der Waals surface area (Å²) in [4.78, 5) is -0.281. The smallest absolute Gasteiger partial charge is 0.378 e. The fraction of sp³-hybridized carbons (Fsp3) is 0.455. The van der Waals surface area contributed by atoms with Crippen molar-refractivity contribution in [1.29, 1.82) is 0 Å². The van der Waals surface area contributed by atoms with Crippen molar-refractivity contribution >= 4 is 15.5 Å². The second-order valence-corrected chi connectivity index (χ2v) is 6.93. The van der Waals surface area contributed by atoms with Gasteiger partial charge in [0.2, 0.25) is 0 Å². The van der Waals surface area contributed by atoms with E-state index in [0.29, 0.717) is 6.07 Å². The summed E-state index contributed by atoms with van der Waals surface area (Å²) in [7, 11) is -3.69. The maximum Gasteiger partial charge on any atom is 0.416 e. The molecule has 1 aromatic carbocycles. The molecule has 1 aliphatic heterocycles. The Morgan fingerprint density at radius 3 is 2.44 bits per heavy atom. The second kappa shape index (κ2) is 3.63. The van der Waals surface area contributed by atoms with Gasteiger partial charge in [0, 0.05) is 5.54 Å². The van der Waals surface area contributed by atoms with Crippen LogP contribution >= 0.6 is 0 Å². The van der Waals surface area contributed by atoms with Crippen LogP contribution in [0.3, 0.4) is 0 Å². The SMILES string of the molecule is CC1(C)CS(=O)(=O)c2cc(C(F)(F)F)ccc2N1. The monoisotopic (exact) mass is 279 g/mol. The lowest BCUT2D eigenvalue weighted by atomic mass is 10.1. The first-order valence-corrected chi connectivity index (χ1v) is 6.89. The molecule has 1 heterocycles. The Bertz CT molecular complexity index is 591. The summed E-state index contributed by atoms with van der Waals surface area (Å²) in [6, 6.07) is 2.73. The molecule has 0 fully saturated rings. The lowest BCUT2D eigenvalue weighted by molar-refractivity contribution is -0.137. The number of hydrogen-bond donors (Lipinski definition) is 1. The molecule has 0 saturated carbocycles. The third kappa shape index (κ3) is 2.31. The van der Waals surface area contributed by atoms with Gasteiger partial charge in [0.05, 0.1) is 21.9 Å². The van der Waals surface area contributed by atoms with Gasteiger partial charge in [-0.2, -0.15) is 13.2 Å². The normalized spacial score (nSPS) is 20.9. The maximum absolute atomic E-state index is 12.5. The van der Waals surface area contributed by atoms with E-state index >= 15 is 0 Å². The number of rotatable bonds is 0. The van der Waals surface area contributed by atoms with Gasteiger partial charge >= 0.3 is 6.18 Å². The topological polar surface area (TPSA) is 46.2 Å². The van der Waals surface area contributed by atoms with Crippen molar-refractivity contribution in [3.63, 3.8) is 0 Å². The van der Waals surface area contributed by atoms with Crippen LogP contribution in [0.4, 0.5) is 18.9 Å². The molecule has 18 heavy (non-hydrogen) atoms. The minimum atomic E-state index is -4.54.